The third-order valence-corrected chi connectivity index (χ3v) is 4.26. The predicted octanol–water partition coefficient (Wildman–Crippen LogP) is 1.14. The summed E-state index contributed by atoms with van der Waals surface area (Å²) in [5, 5.41) is 0. The van der Waals surface area contributed by atoms with Crippen LogP contribution in [0.4, 0.5) is 0 Å². The van der Waals surface area contributed by atoms with Crippen molar-refractivity contribution in [1.82, 2.24) is 9.80 Å². The number of carbonyl (C=O) groups excluding carboxylic acids is 2. The molecule has 2 heterocycles. The number of methoxy groups -OCH3 is 1. The van der Waals surface area contributed by atoms with Gasteiger partial charge < -0.3 is 14.4 Å². The molecule has 0 aliphatic carbocycles. The summed E-state index contributed by atoms with van der Waals surface area (Å²) in [6, 6.07) is 9.41. The predicted molar refractivity (Wildman–Crippen MR) is 89.0 cm³/mol. The molecule has 3 rings (SSSR count). The number of nitrogens with zero attached hydrogens (tertiary/aromatic N) is 2. The summed E-state index contributed by atoms with van der Waals surface area (Å²) >= 11 is 0. The minimum Gasteiger partial charge on any atom is -0.385 e. The minimum atomic E-state index is -0.219. The van der Waals surface area contributed by atoms with Crippen LogP contribution >= 0.6 is 0 Å². The van der Waals surface area contributed by atoms with E-state index >= 15 is 0 Å². The van der Waals surface area contributed by atoms with Crippen molar-refractivity contribution in [2.75, 3.05) is 46.6 Å². The van der Waals surface area contributed by atoms with E-state index in [0.717, 1.165) is 5.56 Å². The van der Waals surface area contributed by atoms with Gasteiger partial charge in [0.15, 0.2) is 0 Å². The van der Waals surface area contributed by atoms with Gasteiger partial charge in [-0.3, -0.25) is 14.5 Å². The lowest BCUT2D eigenvalue weighted by molar-refractivity contribution is -0.138. The summed E-state index contributed by atoms with van der Waals surface area (Å²) in [5.74, 6) is -0.430. The van der Waals surface area contributed by atoms with Gasteiger partial charge in [-0.1, -0.05) is 30.3 Å². The lowest BCUT2D eigenvalue weighted by atomic mass is 10.0. The standard InChI is InChI=1S/C18H22N2O4/c1-23-11-5-8-20-17(21)15(14-6-3-2-4-7-14)16(18(20)22)19-9-12-24-13-10-19/h2-4,6-7H,5,8-13H2,1H3. The Morgan fingerprint density at radius 2 is 1.79 bits per heavy atom. The number of amides is 2. The molecule has 0 spiro atoms. The molecule has 2 aliphatic rings. The van der Waals surface area contributed by atoms with Crippen molar-refractivity contribution < 1.29 is 19.1 Å². The summed E-state index contributed by atoms with van der Waals surface area (Å²) in [7, 11) is 1.61. The van der Waals surface area contributed by atoms with Crippen LogP contribution in [0, 0.1) is 0 Å². The van der Waals surface area contributed by atoms with E-state index in [2.05, 4.69) is 0 Å². The van der Waals surface area contributed by atoms with E-state index in [9.17, 15) is 9.59 Å². The van der Waals surface area contributed by atoms with Crippen LogP contribution < -0.4 is 0 Å². The van der Waals surface area contributed by atoms with E-state index in [4.69, 9.17) is 9.47 Å². The third-order valence-electron chi connectivity index (χ3n) is 4.26. The number of hydrogen-bond acceptors (Lipinski definition) is 5. The monoisotopic (exact) mass is 330 g/mol. The first-order chi connectivity index (χ1) is 11.7. The molecular weight excluding hydrogens is 308 g/mol. The van der Waals surface area contributed by atoms with Crippen LogP contribution in [-0.2, 0) is 19.1 Å². The summed E-state index contributed by atoms with van der Waals surface area (Å²) in [6.07, 6.45) is 0.631. The van der Waals surface area contributed by atoms with Gasteiger partial charge in [0, 0.05) is 33.4 Å². The smallest absolute Gasteiger partial charge is 0.277 e. The average molecular weight is 330 g/mol. The van der Waals surface area contributed by atoms with Crippen molar-refractivity contribution in [3.05, 3.63) is 41.6 Å². The Balaban J connectivity index is 1.94. The first kappa shape index (κ1) is 16.7. The maximum Gasteiger partial charge on any atom is 0.277 e. The normalized spacial score (nSPS) is 18.7. The maximum atomic E-state index is 12.9. The molecule has 0 N–H and O–H groups in total. The van der Waals surface area contributed by atoms with Crippen LogP contribution in [0.15, 0.2) is 36.0 Å². The number of imide groups is 1. The Morgan fingerprint density at radius 1 is 1.08 bits per heavy atom. The van der Waals surface area contributed by atoms with Gasteiger partial charge in [0.2, 0.25) is 0 Å². The number of morpholine rings is 1. The van der Waals surface area contributed by atoms with Crippen LogP contribution in [0.1, 0.15) is 12.0 Å². The Hall–Kier alpha value is -2.18. The van der Waals surface area contributed by atoms with Gasteiger partial charge in [-0.05, 0) is 12.0 Å². The largest absolute Gasteiger partial charge is 0.385 e. The highest BCUT2D eigenvalue weighted by molar-refractivity contribution is 6.35. The van der Waals surface area contributed by atoms with Crippen LogP contribution in [0.3, 0.4) is 0 Å². The Morgan fingerprint density at radius 3 is 2.46 bits per heavy atom. The number of rotatable bonds is 6. The molecule has 6 nitrogen and oxygen atoms in total. The fourth-order valence-corrected chi connectivity index (χ4v) is 3.08. The lowest BCUT2D eigenvalue weighted by Gasteiger charge is -2.29. The Bertz CT molecular complexity index is 636. The first-order valence-corrected chi connectivity index (χ1v) is 8.21. The van der Waals surface area contributed by atoms with Gasteiger partial charge in [-0.15, -0.1) is 0 Å². The SMILES string of the molecule is COCCCN1C(=O)C(c2ccccc2)=C(N2CCOCC2)C1=O. The van der Waals surface area contributed by atoms with Crippen molar-refractivity contribution in [1.29, 1.82) is 0 Å². The fraction of sp³-hybridized carbons (Fsp3) is 0.444. The summed E-state index contributed by atoms with van der Waals surface area (Å²) < 4.78 is 10.4. The van der Waals surface area contributed by atoms with Crippen LogP contribution in [0.25, 0.3) is 5.57 Å². The zero-order chi connectivity index (χ0) is 16.9. The second-order valence-corrected chi connectivity index (χ2v) is 5.80. The van der Waals surface area contributed by atoms with E-state index in [1.165, 1.54) is 4.90 Å². The highest BCUT2D eigenvalue weighted by Gasteiger charge is 2.41. The maximum absolute atomic E-state index is 12.9. The van der Waals surface area contributed by atoms with E-state index in [1.807, 2.05) is 35.2 Å². The lowest BCUT2D eigenvalue weighted by Crippen LogP contribution is -2.40. The molecule has 1 aromatic carbocycles. The van der Waals surface area contributed by atoms with Crippen molar-refractivity contribution >= 4 is 17.4 Å². The molecule has 0 radical (unpaired) electrons. The summed E-state index contributed by atoms with van der Waals surface area (Å²) in [6.45, 7) is 3.26. The molecule has 0 unspecified atom stereocenters. The minimum absolute atomic E-state index is 0.211. The average Bonchev–Trinajstić information content (AvgIpc) is 2.88. The zero-order valence-electron chi connectivity index (χ0n) is 13.9. The molecule has 0 bridgehead atoms. The molecule has 128 valence electrons. The zero-order valence-corrected chi connectivity index (χ0v) is 13.9. The Labute approximate surface area is 141 Å². The molecule has 0 atom stereocenters. The van der Waals surface area contributed by atoms with Gasteiger partial charge in [0.05, 0.1) is 18.8 Å². The van der Waals surface area contributed by atoms with E-state index < -0.39 is 0 Å². The van der Waals surface area contributed by atoms with E-state index in [0.29, 0.717) is 57.1 Å². The number of carbonyl (C=O) groups is 2. The number of benzene rings is 1. The van der Waals surface area contributed by atoms with Gasteiger partial charge >= 0.3 is 0 Å². The van der Waals surface area contributed by atoms with Crippen molar-refractivity contribution in [2.24, 2.45) is 0 Å². The molecule has 0 saturated carbocycles. The second kappa shape index (κ2) is 7.59. The highest BCUT2D eigenvalue weighted by Crippen LogP contribution is 2.32. The second-order valence-electron chi connectivity index (χ2n) is 5.80. The number of hydrogen-bond donors (Lipinski definition) is 0. The molecule has 2 amide bonds. The topological polar surface area (TPSA) is 59.1 Å². The van der Waals surface area contributed by atoms with Gasteiger partial charge in [-0.25, -0.2) is 0 Å². The molecule has 1 aromatic rings. The quantitative estimate of drug-likeness (QED) is 0.578. The van der Waals surface area contributed by atoms with Crippen molar-refractivity contribution in [3.63, 3.8) is 0 Å². The fourth-order valence-electron chi connectivity index (χ4n) is 3.08. The molecule has 24 heavy (non-hydrogen) atoms. The third kappa shape index (κ3) is 3.20. The molecule has 0 aromatic heterocycles. The first-order valence-electron chi connectivity index (χ1n) is 8.21. The molecule has 1 saturated heterocycles. The van der Waals surface area contributed by atoms with Gasteiger partial charge in [-0.2, -0.15) is 0 Å². The summed E-state index contributed by atoms with van der Waals surface area (Å²) in [4.78, 5) is 29.1. The van der Waals surface area contributed by atoms with E-state index in [-0.39, 0.29) is 11.8 Å². The number of ether oxygens (including phenoxy) is 2. The summed E-state index contributed by atoms with van der Waals surface area (Å²) in [5.41, 5.74) is 1.79. The molecule has 2 aliphatic heterocycles. The van der Waals surface area contributed by atoms with Crippen molar-refractivity contribution in [3.8, 4) is 0 Å². The van der Waals surface area contributed by atoms with E-state index in [1.54, 1.807) is 7.11 Å². The van der Waals surface area contributed by atoms with Crippen LogP contribution in [0.5, 0.6) is 0 Å². The highest BCUT2D eigenvalue weighted by atomic mass is 16.5. The van der Waals surface area contributed by atoms with Gasteiger partial charge in [0.1, 0.15) is 5.70 Å². The van der Waals surface area contributed by atoms with Gasteiger partial charge in [0.25, 0.3) is 11.8 Å². The van der Waals surface area contributed by atoms with Crippen LogP contribution in [0.2, 0.25) is 0 Å². The molecular formula is C18H22N2O4. The molecule has 1 fully saturated rings. The van der Waals surface area contributed by atoms with Crippen LogP contribution in [-0.4, -0.2) is 68.2 Å². The Kier molecular flexibility index (Phi) is 5.27. The molecule has 6 heteroatoms. The van der Waals surface area contributed by atoms with Crippen molar-refractivity contribution in [2.45, 2.75) is 6.42 Å².